The van der Waals surface area contributed by atoms with E-state index >= 15 is 0 Å². The Kier molecular flexibility index (Phi) is 5.58. The first-order chi connectivity index (χ1) is 15.5. The van der Waals surface area contributed by atoms with Crippen molar-refractivity contribution in [3.8, 4) is 5.75 Å². The summed E-state index contributed by atoms with van der Waals surface area (Å²) in [6.07, 6.45) is 5.44. The van der Waals surface area contributed by atoms with Gasteiger partial charge in [-0.05, 0) is 42.5 Å². The summed E-state index contributed by atoms with van der Waals surface area (Å²) in [4.78, 5) is 12.1. The quantitative estimate of drug-likeness (QED) is 0.654. The van der Waals surface area contributed by atoms with E-state index in [9.17, 15) is 18.1 Å². The molecule has 10 heteroatoms. The number of fused-ring (bicyclic) bond motifs is 1. The number of anilines is 2. The van der Waals surface area contributed by atoms with Crippen LogP contribution in [0.1, 0.15) is 30.5 Å². The van der Waals surface area contributed by atoms with Crippen molar-refractivity contribution in [2.45, 2.75) is 42.7 Å². The third-order valence-electron chi connectivity index (χ3n) is 6.33. The number of nitrogens with zero attached hydrogens (tertiary/aromatic N) is 3. The van der Waals surface area contributed by atoms with Crippen LogP contribution in [0.15, 0.2) is 35.2 Å². The summed E-state index contributed by atoms with van der Waals surface area (Å²) >= 11 is 0. The smallest absolute Gasteiger partial charge is 0.387 e. The van der Waals surface area contributed by atoms with E-state index in [0.717, 1.165) is 36.1 Å². The highest BCUT2D eigenvalue weighted by molar-refractivity contribution is 7.85. The van der Waals surface area contributed by atoms with Crippen LogP contribution in [0.2, 0.25) is 0 Å². The second-order valence-electron chi connectivity index (χ2n) is 8.38. The maximum atomic E-state index is 12.6. The van der Waals surface area contributed by atoms with Gasteiger partial charge in [0.2, 0.25) is 5.95 Å². The molecule has 0 unspecified atom stereocenters. The molecule has 170 valence electrons. The number of halogens is 2. The van der Waals surface area contributed by atoms with Crippen LogP contribution in [0, 0.1) is 0 Å². The van der Waals surface area contributed by atoms with Gasteiger partial charge in [-0.1, -0.05) is 18.2 Å². The molecule has 0 radical (unpaired) electrons. The van der Waals surface area contributed by atoms with E-state index in [4.69, 9.17) is 9.97 Å². The van der Waals surface area contributed by atoms with Crippen molar-refractivity contribution in [3.63, 3.8) is 0 Å². The molecule has 3 heterocycles. The number of hydrogen-bond acceptors (Lipinski definition) is 7. The molecule has 2 aromatic rings. The summed E-state index contributed by atoms with van der Waals surface area (Å²) in [7, 11) is -1.14. The Labute approximate surface area is 187 Å². The molecule has 1 atom stereocenters. The maximum Gasteiger partial charge on any atom is 0.387 e. The van der Waals surface area contributed by atoms with Gasteiger partial charge >= 0.3 is 6.61 Å². The first kappa shape index (κ1) is 21.3. The van der Waals surface area contributed by atoms with Crippen LogP contribution in [0.3, 0.4) is 0 Å². The number of hydrogen-bond donors (Lipinski definition) is 2. The molecule has 32 heavy (non-hydrogen) atoms. The standard InChI is InChI=1S/C22H24F2N4O3S/c23-20(24)31-16-4-2-14(3-5-16)15-6-10-28(12-15)21-25-17-7-11-32(30)18(17)19(26-21)27-22(13-29)8-1-9-22/h2-6,20,29H,1,7-13H2,(H,25,26,27)/t32-/m0/s1. The van der Waals surface area contributed by atoms with E-state index in [1.165, 1.54) is 12.1 Å². The predicted octanol–water partition coefficient (Wildman–Crippen LogP) is 2.97. The van der Waals surface area contributed by atoms with E-state index in [-0.39, 0.29) is 12.4 Å². The van der Waals surface area contributed by atoms with Gasteiger partial charge in [0.1, 0.15) is 16.5 Å². The molecule has 7 nitrogen and oxygen atoms in total. The molecule has 1 aliphatic carbocycles. The minimum absolute atomic E-state index is 0.00836. The molecular formula is C22H24F2N4O3S. The van der Waals surface area contributed by atoms with Crippen molar-refractivity contribution in [2.75, 3.05) is 35.7 Å². The number of alkyl halides is 2. The maximum absolute atomic E-state index is 12.6. The lowest BCUT2D eigenvalue weighted by Gasteiger charge is -2.41. The number of aryl methyl sites for hydroxylation is 1. The fraction of sp³-hybridized carbons (Fsp3) is 0.455. The van der Waals surface area contributed by atoms with Crippen LogP contribution in [-0.2, 0) is 17.2 Å². The lowest BCUT2D eigenvalue weighted by molar-refractivity contribution is -0.0498. The van der Waals surface area contributed by atoms with Gasteiger partial charge < -0.3 is 20.1 Å². The van der Waals surface area contributed by atoms with Crippen molar-refractivity contribution in [1.29, 1.82) is 0 Å². The van der Waals surface area contributed by atoms with Gasteiger partial charge in [0, 0.05) is 25.3 Å². The van der Waals surface area contributed by atoms with Crippen molar-refractivity contribution in [3.05, 3.63) is 41.6 Å². The first-order valence-corrected chi connectivity index (χ1v) is 12.0. The predicted molar refractivity (Wildman–Crippen MR) is 118 cm³/mol. The van der Waals surface area contributed by atoms with Crippen LogP contribution in [0.25, 0.3) is 5.57 Å². The van der Waals surface area contributed by atoms with Crippen LogP contribution in [-0.4, -0.2) is 56.9 Å². The molecule has 0 spiro atoms. The van der Waals surface area contributed by atoms with Gasteiger partial charge in [-0.2, -0.15) is 13.8 Å². The fourth-order valence-electron chi connectivity index (χ4n) is 4.35. The zero-order valence-electron chi connectivity index (χ0n) is 17.4. The van der Waals surface area contributed by atoms with Gasteiger partial charge in [0.25, 0.3) is 0 Å². The highest BCUT2D eigenvalue weighted by Crippen LogP contribution is 2.38. The van der Waals surface area contributed by atoms with Crippen molar-refractivity contribution in [2.24, 2.45) is 0 Å². The third-order valence-corrected chi connectivity index (χ3v) is 7.78. The Bertz CT molecular complexity index is 1070. The average molecular weight is 463 g/mol. The van der Waals surface area contributed by atoms with E-state index < -0.39 is 22.9 Å². The first-order valence-electron chi connectivity index (χ1n) is 10.6. The zero-order valence-corrected chi connectivity index (χ0v) is 18.2. The number of aliphatic hydroxyl groups is 1. The van der Waals surface area contributed by atoms with Crippen LogP contribution < -0.4 is 15.0 Å². The minimum Gasteiger partial charge on any atom is -0.435 e. The summed E-state index contributed by atoms with van der Waals surface area (Å²) in [5.41, 5.74) is 2.36. The topological polar surface area (TPSA) is 87.6 Å². The zero-order chi connectivity index (χ0) is 22.3. The second kappa shape index (κ2) is 8.40. The van der Waals surface area contributed by atoms with Crippen molar-refractivity contribution >= 4 is 28.1 Å². The highest BCUT2D eigenvalue weighted by atomic mass is 32.2. The number of nitrogens with one attached hydrogen (secondary N) is 1. The molecular weight excluding hydrogens is 438 g/mol. The van der Waals surface area contributed by atoms with Gasteiger partial charge in [0.15, 0.2) is 0 Å². The number of aliphatic hydroxyl groups excluding tert-OH is 1. The number of benzene rings is 1. The summed E-state index contributed by atoms with van der Waals surface area (Å²) < 4.78 is 41.7. The summed E-state index contributed by atoms with van der Waals surface area (Å²) in [5.74, 6) is 1.78. The Morgan fingerprint density at radius 3 is 2.69 bits per heavy atom. The lowest BCUT2D eigenvalue weighted by atomic mass is 9.77. The molecule has 0 saturated heterocycles. The molecule has 3 aliphatic rings. The number of rotatable bonds is 7. The molecule has 1 fully saturated rings. The van der Waals surface area contributed by atoms with Crippen LogP contribution in [0.5, 0.6) is 5.75 Å². The number of aromatic nitrogens is 2. The van der Waals surface area contributed by atoms with Crippen LogP contribution in [0.4, 0.5) is 20.5 Å². The normalized spacial score (nSPS) is 21.3. The van der Waals surface area contributed by atoms with E-state index in [1.807, 2.05) is 4.90 Å². The molecule has 0 amide bonds. The summed E-state index contributed by atoms with van der Waals surface area (Å²) in [5, 5.41) is 13.3. The summed E-state index contributed by atoms with van der Waals surface area (Å²) in [6.45, 7) is -1.66. The Balaban J connectivity index is 1.37. The Morgan fingerprint density at radius 2 is 2.03 bits per heavy atom. The van der Waals surface area contributed by atoms with Gasteiger partial charge in [-0.3, -0.25) is 4.21 Å². The van der Waals surface area contributed by atoms with E-state index in [1.54, 1.807) is 12.1 Å². The van der Waals surface area contributed by atoms with Crippen molar-refractivity contribution < 1.29 is 22.8 Å². The molecule has 1 saturated carbocycles. The minimum atomic E-state index is -2.85. The van der Waals surface area contributed by atoms with Gasteiger partial charge in [-0.15, -0.1) is 0 Å². The lowest BCUT2D eigenvalue weighted by Crippen LogP contribution is -2.48. The Morgan fingerprint density at radius 1 is 1.25 bits per heavy atom. The monoisotopic (exact) mass is 462 g/mol. The molecule has 0 bridgehead atoms. The third kappa shape index (κ3) is 3.97. The highest BCUT2D eigenvalue weighted by Gasteiger charge is 2.39. The van der Waals surface area contributed by atoms with E-state index in [0.29, 0.717) is 41.9 Å². The van der Waals surface area contributed by atoms with Gasteiger partial charge in [-0.25, -0.2) is 4.98 Å². The Hall–Kier alpha value is -2.59. The largest absolute Gasteiger partial charge is 0.435 e. The fourth-order valence-corrected chi connectivity index (χ4v) is 5.66. The van der Waals surface area contributed by atoms with E-state index in [2.05, 4.69) is 16.1 Å². The second-order valence-corrected chi connectivity index (χ2v) is 9.88. The van der Waals surface area contributed by atoms with Crippen molar-refractivity contribution in [1.82, 2.24) is 9.97 Å². The number of ether oxygens (including phenoxy) is 1. The SMILES string of the molecule is O=[S@]1CCc2nc(N3CC=C(c4ccc(OC(F)F)cc4)C3)nc(NC3(CO)CCC3)c21. The van der Waals surface area contributed by atoms with Crippen LogP contribution >= 0.6 is 0 Å². The molecule has 5 rings (SSSR count). The molecule has 2 N–H and O–H groups in total. The summed E-state index contributed by atoms with van der Waals surface area (Å²) in [6, 6.07) is 6.57. The molecule has 1 aromatic heterocycles. The van der Waals surface area contributed by atoms with Gasteiger partial charge in [0.05, 0.1) is 28.6 Å². The molecule has 2 aliphatic heterocycles. The molecule has 1 aromatic carbocycles. The average Bonchev–Trinajstić information content (AvgIpc) is 3.38.